The molecule has 1 aliphatic rings. The number of ether oxygens (including phenoxy) is 3. The molecule has 1 atom stereocenters. The van der Waals surface area contributed by atoms with Crippen LogP contribution in [0.15, 0.2) is 61.1 Å². The molecule has 1 fully saturated rings. The van der Waals surface area contributed by atoms with Gasteiger partial charge < -0.3 is 19.5 Å². The van der Waals surface area contributed by atoms with Crippen molar-refractivity contribution in [3.8, 4) is 11.5 Å². The number of benzene rings is 2. The van der Waals surface area contributed by atoms with Crippen molar-refractivity contribution >= 4 is 39.7 Å². The minimum Gasteiger partial charge on any atom is -0.486 e. The minimum atomic E-state index is -0.480. The number of nitro groups is 1. The van der Waals surface area contributed by atoms with Crippen molar-refractivity contribution in [1.82, 2.24) is 15.0 Å². The normalized spacial score (nSPS) is 14.5. The number of anilines is 2. The highest BCUT2D eigenvalue weighted by Crippen LogP contribution is 2.36. The number of hydrogen-bond acceptors (Lipinski definition) is 9. The number of nitro benzene ring substituents is 1. The lowest BCUT2D eigenvalue weighted by molar-refractivity contribution is -0.385. The number of hydrogen-bond donors (Lipinski definition) is 1. The highest BCUT2D eigenvalue weighted by molar-refractivity contribution is 6.32. The standard InChI is InChI=1S/C24H20ClN5O5.C2H6/c25-19-9-15(4-5-22(19)34-12-16-3-1-2-7-26-16)29-24-18-10-21(30(31)32)23(11-20(18)27-14-28-24)35-17-6-8-33-13-17;1-2/h1-5,7,9-11,14,17H,6,8,12-13H2,(H,27,28,29);1-2H3. The number of nitrogens with zero attached hydrogens (tertiary/aromatic N) is 4. The number of nitrogens with one attached hydrogen (secondary N) is 1. The molecule has 0 spiro atoms. The quantitative estimate of drug-likeness (QED) is 0.215. The summed E-state index contributed by atoms with van der Waals surface area (Å²) < 4.78 is 16.9. The van der Waals surface area contributed by atoms with E-state index in [1.54, 1.807) is 30.5 Å². The molecule has 1 unspecified atom stereocenters. The number of aromatic nitrogens is 3. The van der Waals surface area contributed by atoms with Gasteiger partial charge in [0.15, 0.2) is 5.75 Å². The van der Waals surface area contributed by atoms with Crippen molar-refractivity contribution in [3.05, 3.63) is 81.9 Å². The molecule has 1 saturated heterocycles. The van der Waals surface area contributed by atoms with Crippen LogP contribution in [0.5, 0.6) is 11.5 Å². The van der Waals surface area contributed by atoms with Gasteiger partial charge in [0, 0.05) is 30.4 Å². The molecule has 5 rings (SSSR count). The molecule has 3 heterocycles. The highest BCUT2D eigenvalue weighted by Gasteiger charge is 2.24. The van der Waals surface area contributed by atoms with E-state index in [0.717, 1.165) is 5.69 Å². The van der Waals surface area contributed by atoms with Crippen LogP contribution in [-0.4, -0.2) is 39.2 Å². The van der Waals surface area contributed by atoms with Crippen LogP contribution in [0.1, 0.15) is 26.0 Å². The number of rotatable bonds is 8. The molecule has 2 aromatic heterocycles. The highest BCUT2D eigenvalue weighted by atomic mass is 35.5. The minimum absolute atomic E-state index is 0.153. The van der Waals surface area contributed by atoms with Crippen LogP contribution in [0.4, 0.5) is 17.2 Å². The summed E-state index contributed by atoms with van der Waals surface area (Å²) in [6.45, 7) is 5.25. The third kappa shape index (κ3) is 6.41. The fourth-order valence-electron chi connectivity index (χ4n) is 3.66. The van der Waals surface area contributed by atoms with Gasteiger partial charge in [0.2, 0.25) is 0 Å². The first-order valence-corrected chi connectivity index (χ1v) is 12.2. The maximum absolute atomic E-state index is 11.8. The van der Waals surface area contributed by atoms with Crippen molar-refractivity contribution in [2.75, 3.05) is 18.5 Å². The van der Waals surface area contributed by atoms with Crippen LogP contribution in [0.2, 0.25) is 5.02 Å². The second-order valence-electron chi connectivity index (χ2n) is 7.80. The molecular weight excluding hydrogens is 498 g/mol. The summed E-state index contributed by atoms with van der Waals surface area (Å²) in [5, 5.41) is 15.8. The van der Waals surface area contributed by atoms with Gasteiger partial charge in [-0.2, -0.15) is 0 Å². The van der Waals surface area contributed by atoms with Crippen LogP contribution < -0.4 is 14.8 Å². The summed E-state index contributed by atoms with van der Waals surface area (Å²) in [6.07, 6.45) is 3.52. The second kappa shape index (κ2) is 12.3. The Morgan fingerprint density at radius 2 is 2.00 bits per heavy atom. The van der Waals surface area contributed by atoms with E-state index in [1.807, 2.05) is 32.0 Å². The average molecular weight is 524 g/mol. The first kappa shape index (κ1) is 26.1. The zero-order chi connectivity index (χ0) is 26.2. The molecule has 2 aromatic carbocycles. The van der Waals surface area contributed by atoms with Crippen molar-refractivity contribution < 1.29 is 19.1 Å². The van der Waals surface area contributed by atoms with Crippen LogP contribution >= 0.6 is 11.6 Å². The van der Waals surface area contributed by atoms with Gasteiger partial charge in [0.1, 0.15) is 30.6 Å². The van der Waals surface area contributed by atoms with Gasteiger partial charge in [0.05, 0.1) is 39.8 Å². The van der Waals surface area contributed by atoms with Gasteiger partial charge in [-0.05, 0) is 30.3 Å². The van der Waals surface area contributed by atoms with Crippen LogP contribution in [0.3, 0.4) is 0 Å². The van der Waals surface area contributed by atoms with Crippen LogP contribution in [0, 0.1) is 10.1 Å². The number of pyridine rings is 1. The Labute approximate surface area is 218 Å². The maximum atomic E-state index is 11.8. The predicted molar refractivity (Wildman–Crippen MR) is 141 cm³/mol. The Kier molecular flexibility index (Phi) is 8.65. The van der Waals surface area contributed by atoms with Crippen molar-refractivity contribution in [3.63, 3.8) is 0 Å². The fraction of sp³-hybridized carbons (Fsp3) is 0.269. The SMILES string of the molecule is CC.O=[N+]([O-])c1cc2c(Nc3ccc(OCc4ccccn4)c(Cl)c3)ncnc2cc1OC1CCOC1. The molecule has 0 bridgehead atoms. The predicted octanol–water partition coefficient (Wildman–Crippen LogP) is 6.10. The fourth-order valence-corrected chi connectivity index (χ4v) is 3.90. The summed E-state index contributed by atoms with van der Waals surface area (Å²) in [5.74, 6) is 1.05. The Morgan fingerprint density at radius 3 is 2.70 bits per heavy atom. The van der Waals surface area contributed by atoms with Crippen molar-refractivity contribution in [1.29, 1.82) is 0 Å². The number of fused-ring (bicyclic) bond motifs is 1. The first-order chi connectivity index (χ1) is 18.1. The molecule has 37 heavy (non-hydrogen) atoms. The van der Waals surface area contributed by atoms with Gasteiger partial charge in [-0.1, -0.05) is 31.5 Å². The van der Waals surface area contributed by atoms with Gasteiger partial charge >= 0.3 is 5.69 Å². The Bertz CT molecular complexity index is 1370. The van der Waals surface area contributed by atoms with E-state index in [1.165, 1.54) is 12.4 Å². The summed E-state index contributed by atoms with van der Waals surface area (Å²) >= 11 is 6.41. The zero-order valence-electron chi connectivity index (χ0n) is 20.4. The molecule has 10 nitrogen and oxygen atoms in total. The molecule has 192 valence electrons. The Balaban J connectivity index is 0.00000156. The maximum Gasteiger partial charge on any atom is 0.311 e. The largest absolute Gasteiger partial charge is 0.486 e. The van der Waals surface area contributed by atoms with E-state index < -0.39 is 4.92 Å². The summed E-state index contributed by atoms with van der Waals surface area (Å²) in [5.41, 5.74) is 1.75. The van der Waals surface area contributed by atoms with Gasteiger partial charge in [0.25, 0.3) is 0 Å². The van der Waals surface area contributed by atoms with E-state index in [0.29, 0.717) is 52.8 Å². The molecule has 4 aromatic rings. The topological polar surface area (TPSA) is 122 Å². The van der Waals surface area contributed by atoms with E-state index in [2.05, 4.69) is 20.3 Å². The molecular formula is C26H26ClN5O5. The van der Waals surface area contributed by atoms with Gasteiger partial charge in [-0.15, -0.1) is 0 Å². The molecule has 1 aliphatic heterocycles. The average Bonchev–Trinajstić information content (AvgIpc) is 3.43. The Morgan fingerprint density at radius 1 is 1.14 bits per heavy atom. The first-order valence-electron chi connectivity index (χ1n) is 11.8. The summed E-state index contributed by atoms with van der Waals surface area (Å²) in [7, 11) is 0. The molecule has 0 saturated carbocycles. The second-order valence-corrected chi connectivity index (χ2v) is 8.21. The van der Waals surface area contributed by atoms with E-state index in [9.17, 15) is 10.1 Å². The third-order valence-electron chi connectivity index (χ3n) is 5.39. The monoisotopic (exact) mass is 523 g/mol. The summed E-state index contributed by atoms with van der Waals surface area (Å²) in [6, 6.07) is 13.7. The lowest BCUT2D eigenvalue weighted by atomic mass is 10.2. The van der Waals surface area contributed by atoms with Crippen molar-refractivity contribution in [2.45, 2.75) is 33.0 Å². The van der Waals surface area contributed by atoms with Gasteiger partial charge in [-0.25, -0.2) is 9.97 Å². The zero-order valence-corrected chi connectivity index (χ0v) is 21.1. The third-order valence-corrected chi connectivity index (χ3v) is 5.69. The smallest absolute Gasteiger partial charge is 0.311 e. The summed E-state index contributed by atoms with van der Waals surface area (Å²) in [4.78, 5) is 24.0. The van der Waals surface area contributed by atoms with Crippen LogP contribution in [-0.2, 0) is 11.3 Å². The van der Waals surface area contributed by atoms with Crippen LogP contribution in [0.25, 0.3) is 10.9 Å². The molecule has 11 heteroatoms. The van der Waals surface area contributed by atoms with E-state index >= 15 is 0 Å². The lowest BCUT2D eigenvalue weighted by Crippen LogP contribution is -2.16. The Hall–Kier alpha value is -4.02. The molecule has 0 radical (unpaired) electrons. The van der Waals surface area contributed by atoms with E-state index in [-0.39, 0.29) is 24.1 Å². The lowest BCUT2D eigenvalue weighted by Gasteiger charge is -2.14. The molecule has 0 amide bonds. The molecule has 1 N–H and O–H groups in total. The number of halogens is 1. The molecule has 0 aliphatic carbocycles. The van der Waals surface area contributed by atoms with E-state index in [4.69, 9.17) is 25.8 Å². The van der Waals surface area contributed by atoms with Gasteiger partial charge in [-0.3, -0.25) is 15.1 Å². The van der Waals surface area contributed by atoms with Crippen molar-refractivity contribution in [2.24, 2.45) is 0 Å².